The maximum Gasteiger partial charge on any atom is 0.407 e. The first-order chi connectivity index (χ1) is 17.9. The van der Waals surface area contributed by atoms with Gasteiger partial charge in [-0.15, -0.1) is 0 Å². The standard InChI is InChI=1S/C29H38N6O3/c1-19-10-26(30-14-20(19)2)27(36)32-24-11-22(12-25(13-24)35-15-21(3)31-18-35)16-34-9-7-8-23(17-34)33-28(37)38-29(4,5)6/h10-15,18,23H,7-9,16-17H2,1-6H3,(H,32,36)(H,33,37)/t23-/m0/s1. The van der Waals surface area contributed by atoms with Gasteiger partial charge in [0.2, 0.25) is 0 Å². The highest BCUT2D eigenvalue weighted by atomic mass is 16.6. The number of likely N-dealkylation sites (tertiary alicyclic amines) is 1. The second-order valence-corrected chi connectivity index (χ2v) is 11.1. The van der Waals surface area contributed by atoms with Crippen LogP contribution < -0.4 is 10.6 Å². The molecule has 2 aromatic heterocycles. The Hall–Kier alpha value is -3.72. The molecule has 1 aromatic carbocycles. The van der Waals surface area contributed by atoms with Crippen LogP contribution in [0.3, 0.4) is 0 Å². The number of carbonyl (C=O) groups excluding carboxylic acids is 2. The molecule has 0 unspecified atom stereocenters. The Morgan fingerprint density at radius 3 is 2.55 bits per heavy atom. The van der Waals surface area contributed by atoms with Crippen molar-refractivity contribution in [1.82, 2.24) is 24.8 Å². The summed E-state index contributed by atoms with van der Waals surface area (Å²) >= 11 is 0. The molecule has 0 spiro atoms. The maximum absolute atomic E-state index is 13.0. The average molecular weight is 519 g/mol. The molecule has 38 heavy (non-hydrogen) atoms. The minimum atomic E-state index is -0.530. The normalized spacial score (nSPS) is 16.2. The topological polar surface area (TPSA) is 101 Å². The molecule has 0 saturated carbocycles. The lowest BCUT2D eigenvalue weighted by Crippen LogP contribution is -2.48. The molecule has 2 amide bonds. The van der Waals surface area contributed by atoms with Crippen LogP contribution in [0.1, 0.15) is 66.5 Å². The van der Waals surface area contributed by atoms with E-state index in [1.165, 1.54) is 0 Å². The van der Waals surface area contributed by atoms with E-state index in [1.54, 1.807) is 18.6 Å². The molecule has 3 aromatic rings. The number of benzene rings is 1. The van der Waals surface area contributed by atoms with Gasteiger partial charge in [-0.25, -0.2) is 9.78 Å². The fourth-order valence-electron chi connectivity index (χ4n) is 4.54. The van der Waals surface area contributed by atoms with Gasteiger partial charge in [0, 0.05) is 42.9 Å². The predicted molar refractivity (Wildman–Crippen MR) is 148 cm³/mol. The summed E-state index contributed by atoms with van der Waals surface area (Å²) in [5, 5.41) is 6.04. The van der Waals surface area contributed by atoms with Crippen molar-refractivity contribution in [2.75, 3.05) is 18.4 Å². The third-order valence-corrected chi connectivity index (χ3v) is 6.48. The summed E-state index contributed by atoms with van der Waals surface area (Å²) in [5.74, 6) is -0.252. The summed E-state index contributed by atoms with van der Waals surface area (Å²) in [4.78, 5) is 36.3. The molecule has 202 valence electrons. The van der Waals surface area contributed by atoms with E-state index in [4.69, 9.17) is 4.74 Å². The summed E-state index contributed by atoms with van der Waals surface area (Å²) < 4.78 is 7.39. The highest BCUT2D eigenvalue weighted by Gasteiger charge is 2.24. The first-order valence-corrected chi connectivity index (χ1v) is 13.1. The zero-order chi connectivity index (χ0) is 27.4. The Morgan fingerprint density at radius 1 is 1.08 bits per heavy atom. The van der Waals surface area contributed by atoms with E-state index >= 15 is 0 Å². The first-order valence-electron chi connectivity index (χ1n) is 13.1. The predicted octanol–water partition coefficient (Wildman–Crippen LogP) is 4.93. The molecule has 9 nitrogen and oxygen atoms in total. The van der Waals surface area contributed by atoms with Crippen molar-refractivity contribution in [1.29, 1.82) is 0 Å². The van der Waals surface area contributed by atoms with Gasteiger partial charge >= 0.3 is 6.09 Å². The van der Waals surface area contributed by atoms with Gasteiger partial charge in [-0.3, -0.25) is 14.7 Å². The van der Waals surface area contributed by atoms with Crippen LogP contribution in [0.25, 0.3) is 5.69 Å². The number of hydrogen-bond acceptors (Lipinski definition) is 6. The lowest BCUT2D eigenvalue weighted by atomic mass is 10.0. The fourth-order valence-corrected chi connectivity index (χ4v) is 4.54. The molecule has 2 N–H and O–H groups in total. The highest BCUT2D eigenvalue weighted by molar-refractivity contribution is 6.03. The Labute approximate surface area is 224 Å². The molecule has 1 fully saturated rings. The summed E-state index contributed by atoms with van der Waals surface area (Å²) in [6.45, 7) is 13.8. The van der Waals surface area contributed by atoms with Crippen LogP contribution in [0, 0.1) is 20.8 Å². The SMILES string of the molecule is Cc1cn(-c2cc(CN3CCC[C@H](NC(=O)OC(C)(C)C)C3)cc(NC(=O)c3cc(C)c(C)cn3)c2)cn1. The Morgan fingerprint density at radius 2 is 1.87 bits per heavy atom. The number of rotatable bonds is 6. The Bertz CT molecular complexity index is 1310. The average Bonchev–Trinajstić information content (AvgIpc) is 3.26. The largest absolute Gasteiger partial charge is 0.444 e. The van der Waals surface area contributed by atoms with Gasteiger partial charge in [-0.1, -0.05) is 0 Å². The zero-order valence-electron chi connectivity index (χ0n) is 23.2. The van der Waals surface area contributed by atoms with Crippen molar-refractivity contribution in [3.8, 4) is 5.69 Å². The fraction of sp³-hybridized carbons (Fsp3) is 0.448. The van der Waals surface area contributed by atoms with Gasteiger partial charge in [-0.2, -0.15) is 0 Å². The van der Waals surface area contributed by atoms with E-state index in [0.717, 1.165) is 54.0 Å². The van der Waals surface area contributed by atoms with Crippen molar-refractivity contribution in [3.05, 3.63) is 71.1 Å². The summed E-state index contributed by atoms with van der Waals surface area (Å²) in [7, 11) is 0. The van der Waals surface area contributed by atoms with Gasteiger partial charge < -0.3 is 19.9 Å². The van der Waals surface area contributed by atoms with Gasteiger partial charge in [0.15, 0.2) is 0 Å². The van der Waals surface area contributed by atoms with Gasteiger partial charge in [0.1, 0.15) is 11.3 Å². The van der Waals surface area contributed by atoms with Gasteiger partial charge in [0.05, 0.1) is 12.0 Å². The number of carbonyl (C=O) groups is 2. The molecule has 0 aliphatic carbocycles. The Balaban J connectivity index is 1.52. The molecular formula is C29H38N6O3. The quantitative estimate of drug-likeness (QED) is 0.480. The molecule has 3 heterocycles. The lowest BCUT2D eigenvalue weighted by Gasteiger charge is -2.33. The van der Waals surface area contributed by atoms with Gasteiger partial charge in [0.25, 0.3) is 5.91 Å². The molecular weight excluding hydrogens is 480 g/mol. The highest BCUT2D eigenvalue weighted by Crippen LogP contribution is 2.23. The van der Waals surface area contributed by atoms with E-state index in [-0.39, 0.29) is 18.0 Å². The second-order valence-electron chi connectivity index (χ2n) is 11.1. The smallest absolute Gasteiger partial charge is 0.407 e. The van der Waals surface area contributed by atoms with E-state index in [0.29, 0.717) is 17.9 Å². The zero-order valence-corrected chi connectivity index (χ0v) is 23.2. The molecule has 1 aliphatic heterocycles. The summed E-state index contributed by atoms with van der Waals surface area (Å²) in [6, 6.07) is 7.87. The van der Waals surface area contributed by atoms with Gasteiger partial charge in [-0.05, 0) is 102 Å². The van der Waals surface area contributed by atoms with E-state index < -0.39 is 5.60 Å². The minimum absolute atomic E-state index is 0.0214. The number of aromatic nitrogens is 3. The first kappa shape index (κ1) is 27.3. The van der Waals surface area contributed by atoms with Crippen molar-refractivity contribution in [3.63, 3.8) is 0 Å². The molecule has 1 saturated heterocycles. The van der Waals surface area contributed by atoms with E-state index in [2.05, 4.69) is 31.6 Å². The van der Waals surface area contributed by atoms with Crippen LogP contribution >= 0.6 is 0 Å². The molecule has 1 atom stereocenters. The molecule has 0 bridgehead atoms. The number of piperidine rings is 1. The van der Waals surface area contributed by atoms with E-state index in [9.17, 15) is 9.59 Å². The monoisotopic (exact) mass is 518 g/mol. The van der Waals surface area contributed by atoms with Crippen LogP contribution in [0.15, 0.2) is 43.0 Å². The number of aryl methyl sites for hydroxylation is 3. The lowest BCUT2D eigenvalue weighted by molar-refractivity contribution is 0.0470. The maximum atomic E-state index is 13.0. The van der Waals surface area contributed by atoms with Crippen molar-refractivity contribution < 1.29 is 14.3 Å². The van der Waals surface area contributed by atoms with Crippen LogP contribution in [0.2, 0.25) is 0 Å². The Kier molecular flexibility index (Phi) is 8.16. The van der Waals surface area contributed by atoms with Crippen LogP contribution in [-0.2, 0) is 11.3 Å². The third kappa shape index (κ3) is 7.41. The minimum Gasteiger partial charge on any atom is -0.444 e. The van der Waals surface area contributed by atoms with Crippen LogP contribution in [-0.4, -0.2) is 56.2 Å². The second kappa shape index (κ2) is 11.3. The van der Waals surface area contributed by atoms with Crippen LogP contribution in [0.4, 0.5) is 10.5 Å². The van der Waals surface area contributed by atoms with Crippen molar-refractivity contribution >= 4 is 17.7 Å². The number of nitrogens with zero attached hydrogens (tertiary/aromatic N) is 4. The number of nitrogens with one attached hydrogen (secondary N) is 2. The number of pyridine rings is 1. The molecule has 4 rings (SSSR count). The number of hydrogen-bond donors (Lipinski definition) is 2. The summed E-state index contributed by atoms with van der Waals surface area (Å²) in [5.41, 5.74) is 5.47. The van der Waals surface area contributed by atoms with Crippen molar-refractivity contribution in [2.24, 2.45) is 0 Å². The van der Waals surface area contributed by atoms with E-state index in [1.807, 2.05) is 64.4 Å². The third-order valence-electron chi connectivity index (χ3n) is 6.48. The van der Waals surface area contributed by atoms with Crippen LogP contribution in [0.5, 0.6) is 0 Å². The number of ether oxygens (including phenoxy) is 1. The number of anilines is 1. The number of imidazole rings is 1. The summed E-state index contributed by atoms with van der Waals surface area (Å²) in [6.07, 6.45) is 6.95. The number of amides is 2. The van der Waals surface area contributed by atoms with Crippen molar-refractivity contribution in [2.45, 2.75) is 72.6 Å². The number of alkyl carbamates (subject to hydrolysis) is 1. The molecule has 1 aliphatic rings. The molecule has 9 heteroatoms. The molecule has 0 radical (unpaired) electrons.